The molecule has 2 heterocycles. The highest BCUT2D eigenvalue weighted by Crippen LogP contribution is 2.31. The third-order valence-corrected chi connectivity index (χ3v) is 6.96. The number of hydrogen-bond donors (Lipinski definition) is 1. The van der Waals surface area contributed by atoms with Crippen molar-refractivity contribution in [3.8, 4) is 6.07 Å². The smallest absolute Gasteiger partial charge is 0.248 e. The van der Waals surface area contributed by atoms with Crippen LogP contribution in [-0.4, -0.2) is 55.8 Å². The second kappa shape index (κ2) is 10.5. The number of rotatable bonds is 7. The van der Waals surface area contributed by atoms with E-state index < -0.39 is 0 Å². The average molecular weight is 433 g/mol. The highest BCUT2D eigenvalue weighted by atomic mass is 32.2. The van der Waals surface area contributed by atoms with Crippen molar-refractivity contribution >= 4 is 29.4 Å². The molecule has 0 saturated carbocycles. The van der Waals surface area contributed by atoms with Crippen LogP contribution in [0.5, 0.6) is 0 Å². The molecule has 0 unspecified atom stereocenters. The normalized spacial score (nSPS) is 16.2. The zero-order chi connectivity index (χ0) is 21.5. The number of nitrogens with zero attached hydrogens (tertiary/aromatic N) is 3. The Morgan fingerprint density at radius 3 is 2.74 bits per heavy atom. The predicted octanol–water partition coefficient (Wildman–Crippen LogP) is 3.77. The maximum absolute atomic E-state index is 12.5. The fraction of sp³-hybridized carbons (Fsp3) is 0.360. The van der Waals surface area contributed by atoms with Gasteiger partial charge in [-0.25, -0.2) is 0 Å². The van der Waals surface area contributed by atoms with Crippen LogP contribution in [-0.2, 0) is 4.79 Å². The number of amides is 1. The van der Waals surface area contributed by atoms with Crippen LogP contribution in [0.4, 0.5) is 5.69 Å². The Morgan fingerprint density at radius 2 is 1.90 bits per heavy atom. The van der Waals surface area contributed by atoms with Crippen LogP contribution in [0.2, 0.25) is 0 Å². The average Bonchev–Trinajstić information content (AvgIpc) is 2.84. The lowest BCUT2D eigenvalue weighted by Crippen LogP contribution is -2.46. The number of benzene rings is 2. The zero-order valence-corrected chi connectivity index (χ0v) is 18.5. The Morgan fingerprint density at radius 1 is 1.06 bits per heavy atom. The van der Waals surface area contributed by atoms with E-state index in [-0.39, 0.29) is 5.91 Å². The highest BCUT2D eigenvalue weighted by molar-refractivity contribution is 7.99. The molecule has 5 nitrogen and oxygen atoms in total. The first-order chi connectivity index (χ1) is 15.2. The van der Waals surface area contributed by atoms with Crippen LogP contribution in [0.25, 0.3) is 6.08 Å². The van der Waals surface area contributed by atoms with Crippen LogP contribution in [0.15, 0.2) is 59.0 Å². The van der Waals surface area contributed by atoms with E-state index in [1.807, 2.05) is 36.4 Å². The molecule has 1 fully saturated rings. The van der Waals surface area contributed by atoms with Gasteiger partial charge in [-0.1, -0.05) is 24.3 Å². The van der Waals surface area contributed by atoms with Gasteiger partial charge in [0.05, 0.1) is 11.6 Å². The lowest BCUT2D eigenvalue weighted by molar-refractivity contribution is -0.117. The molecular formula is C25H28N4OS. The molecule has 0 aromatic heterocycles. The summed E-state index contributed by atoms with van der Waals surface area (Å²) in [6, 6.07) is 18.3. The van der Waals surface area contributed by atoms with Crippen LogP contribution < -0.4 is 10.2 Å². The van der Waals surface area contributed by atoms with Crippen LogP contribution in [0, 0.1) is 11.3 Å². The van der Waals surface area contributed by atoms with E-state index in [9.17, 15) is 4.79 Å². The summed E-state index contributed by atoms with van der Waals surface area (Å²) in [7, 11) is 0. The summed E-state index contributed by atoms with van der Waals surface area (Å²) < 4.78 is 0. The van der Waals surface area contributed by atoms with Crippen molar-refractivity contribution in [3.05, 3.63) is 65.2 Å². The summed E-state index contributed by atoms with van der Waals surface area (Å²) in [5.41, 5.74) is 3.86. The number of thioether (sulfide) groups is 1. The monoisotopic (exact) mass is 432 g/mol. The van der Waals surface area contributed by atoms with Gasteiger partial charge in [-0.2, -0.15) is 5.26 Å². The quantitative estimate of drug-likeness (QED) is 0.675. The largest absolute Gasteiger partial charge is 0.369 e. The first kappa shape index (κ1) is 21.5. The summed E-state index contributed by atoms with van der Waals surface area (Å²) in [6.45, 7) is 5.83. The van der Waals surface area contributed by atoms with Gasteiger partial charge in [-0.3, -0.25) is 9.69 Å². The molecule has 1 saturated heterocycles. The molecule has 0 spiro atoms. The Labute approximate surface area is 188 Å². The molecule has 160 valence electrons. The van der Waals surface area contributed by atoms with Gasteiger partial charge in [0.15, 0.2) is 0 Å². The van der Waals surface area contributed by atoms with Crippen LogP contribution in [0.3, 0.4) is 0 Å². The van der Waals surface area contributed by atoms with Gasteiger partial charge in [0, 0.05) is 54.6 Å². The first-order valence-corrected chi connectivity index (χ1v) is 11.9. The predicted molar refractivity (Wildman–Crippen MR) is 127 cm³/mol. The summed E-state index contributed by atoms with van der Waals surface area (Å²) in [5.74, 6) is 0.805. The van der Waals surface area contributed by atoms with Crippen molar-refractivity contribution in [3.63, 3.8) is 0 Å². The van der Waals surface area contributed by atoms with Crippen LogP contribution >= 0.6 is 11.8 Å². The minimum Gasteiger partial charge on any atom is -0.369 e. The molecule has 6 heteroatoms. The van der Waals surface area contributed by atoms with E-state index in [0.717, 1.165) is 74.7 Å². The second-order valence-electron chi connectivity index (χ2n) is 7.95. The van der Waals surface area contributed by atoms with E-state index in [0.29, 0.717) is 5.56 Å². The first-order valence-electron chi connectivity index (χ1n) is 10.9. The van der Waals surface area contributed by atoms with Crippen molar-refractivity contribution in [2.24, 2.45) is 0 Å². The number of unbranched alkanes of at least 4 members (excludes halogenated alkanes) is 1. The maximum atomic E-state index is 12.5. The molecule has 1 amide bonds. The van der Waals surface area contributed by atoms with Gasteiger partial charge in [-0.15, -0.1) is 11.8 Å². The number of hydrogen-bond acceptors (Lipinski definition) is 5. The molecule has 2 aliphatic heterocycles. The van der Waals surface area contributed by atoms with E-state index in [1.165, 1.54) is 4.90 Å². The zero-order valence-electron chi connectivity index (χ0n) is 17.7. The van der Waals surface area contributed by atoms with Crippen molar-refractivity contribution < 1.29 is 4.79 Å². The Bertz CT molecular complexity index is 989. The molecule has 0 bridgehead atoms. The third kappa shape index (κ3) is 5.69. The number of nitrogens with one attached hydrogen (secondary N) is 1. The van der Waals surface area contributed by atoms with Gasteiger partial charge in [0.1, 0.15) is 0 Å². The SMILES string of the molecule is N#Cc1cccc(N2CCN(CCCCNC(=O)C3=Cc4ccccc4SC3)CC2)c1. The molecule has 2 aromatic carbocycles. The summed E-state index contributed by atoms with van der Waals surface area (Å²) in [5, 5.41) is 12.2. The van der Waals surface area contributed by atoms with E-state index in [2.05, 4.69) is 39.4 Å². The van der Waals surface area contributed by atoms with Gasteiger partial charge < -0.3 is 10.2 Å². The van der Waals surface area contributed by atoms with Gasteiger partial charge in [-0.05, 0) is 55.3 Å². The lowest BCUT2D eigenvalue weighted by Gasteiger charge is -2.36. The van der Waals surface area contributed by atoms with Gasteiger partial charge >= 0.3 is 0 Å². The fourth-order valence-electron chi connectivity index (χ4n) is 4.02. The summed E-state index contributed by atoms with van der Waals surface area (Å²) in [6.07, 6.45) is 4.10. The number of nitriles is 1. The number of fused-ring (bicyclic) bond motifs is 1. The lowest BCUT2D eigenvalue weighted by atomic mass is 10.1. The second-order valence-corrected chi connectivity index (χ2v) is 8.97. The van der Waals surface area contributed by atoms with Gasteiger partial charge in [0.25, 0.3) is 0 Å². The molecule has 31 heavy (non-hydrogen) atoms. The number of piperazine rings is 1. The van der Waals surface area contributed by atoms with Crippen LogP contribution in [0.1, 0.15) is 24.0 Å². The standard InChI is InChI=1S/C25H28N4OS/c26-18-20-6-5-8-23(16-20)29-14-12-28(13-15-29)11-4-3-10-27-25(30)22-17-21-7-1-2-9-24(21)31-19-22/h1-2,5-9,16-17H,3-4,10-15,19H2,(H,27,30). The minimum absolute atomic E-state index is 0.0650. The van der Waals surface area contributed by atoms with Crippen molar-refractivity contribution in [1.29, 1.82) is 5.26 Å². The summed E-state index contributed by atoms with van der Waals surface area (Å²) in [4.78, 5) is 18.6. The third-order valence-electron chi connectivity index (χ3n) is 5.82. The number of carbonyl (C=O) groups is 1. The van der Waals surface area contributed by atoms with E-state index in [4.69, 9.17) is 5.26 Å². The van der Waals surface area contributed by atoms with Crippen molar-refractivity contribution in [2.45, 2.75) is 17.7 Å². The van der Waals surface area contributed by atoms with Crippen molar-refractivity contribution in [1.82, 2.24) is 10.2 Å². The Balaban J connectivity index is 1.13. The molecule has 4 rings (SSSR count). The fourth-order valence-corrected chi connectivity index (χ4v) is 5.02. The Hall–Kier alpha value is -2.75. The Kier molecular flexibility index (Phi) is 7.29. The van der Waals surface area contributed by atoms with E-state index in [1.54, 1.807) is 11.8 Å². The molecule has 0 atom stereocenters. The number of carbonyl (C=O) groups excluding carboxylic acids is 1. The molecule has 0 aliphatic carbocycles. The van der Waals surface area contributed by atoms with E-state index >= 15 is 0 Å². The number of anilines is 1. The maximum Gasteiger partial charge on any atom is 0.248 e. The molecule has 2 aromatic rings. The highest BCUT2D eigenvalue weighted by Gasteiger charge is 2.18. The molecule has 2 aliphatic rings. The molecule has 1 N–H and O–H groups in total. The minimum atomic E-state index is 0.0650. The van der Waals surface area contributed by atoms with Crippen molar-refractivity contribution in [2.75, 3.05) is 49.9 Å². The summed E-state index contributed by atoms with van der Waals surface area (Å²) >= 11 is 1.73. The molecule has 0 radical (unpaired) electrons. The van der Waals surface area contributed by atoms with Gasteiger partial charge in [0.2, 0.25) is 5.91 Å². The molecular weight excluding hydrogens is 404 g/mol. The topological polar surface area (TPSA) is 59.4 Å².